The van der Waals surface area contributed by atoms with E-state index in [0.717, 1.165) is 5.76 Å². The highest BCUT2D eigenvalue weighted by Crippen LogP contribution is 2.15. The Hall–Kier alpha value is -2.30. The average Bonchev–Trinajstić information content (AvgIpc) is 2.85. The second kappa shape index (κ2) is 5.35. The number of amides is 1. The summed E-state index contributed by atoms with van der Waals surface area (Å²) in [6, 6.07) is 7.76. The topological polar surface area (TPSA) is 68.3 Å². The molecule has 18 heavy (non-hydrogen) atoms. The molecular weight excluding hydrogens is 235 g/mol. The van der Waals surface area contributed by atoms with Crippen LogP contribution < -0.4 is 11.1 Å². The molecule has 2 rings (SSSR count). The maximum Gasteiger partial charge on any atom is 0.253 e. The number of nitrogen functional groups attached to an aromatic ring is 1. The molecule has 1 aromatic heterocycles. The van der Waals surface area contributed by atoms with Crippen molar-refractivity contribution in [3.8, 4) is 0 Å². The maximum absolute atomic E-state index is 13.2. The summed E-state index contributed by atoms with van der Waals surface area (Å²) >= 11 is 0. The highest BCUT2D eigenvalue weighted by molar-refractivity contribution is 5.99. The molecule has 0 aliphatic carbocycles. The fraction of sp³-hybridized carbons (Fsp3) is 0.154. The zero-order valence-electron chi connectivity index (χ0n) is 9.65. The van der Waals surface area contributed by atoms with Gasteiger partial charge in [-0.3, -0.25) is 4.79 Å². The Morgan fingerprint density at radius 3 is 2.89 bits per heavy atom. The number of halogens is 1. The van der Waals surface area contributed by atoms with Crippen molar-refractivity contribution in [2.75, 3.05) is 12.3 Å². The first kappa shape index (κ1) is 12.2. The second-order valence-electron chi connectivity index (χ2n) is 3.79. The molecule has 0 aliphatic heterocycles. The van der Waals surface area contributed by atoms with Gasteiger partial charge in [-0.1, -0.05) is 6.07 Å². The standard InChI is InChI=1S/C13H13FN2O2/c14-11-5-1-4-10(12(11)15)13(17)16-7-6-9-3-2-8-18-9/h1-5,8H,6-7,15H2,(H,16,17). The molecule has 0 fully saturated rings. The van der Waals surface area contributed by atoms with Crippen molar-refractivity contribution in [1.29, 1.82) is 0 Å². The first-order valence-electron chi connectivity index (χ1n) is 5.53. The minimum atomic E-state index is -0.589. The Kier molecular flexibility index (Phi) is 3.62. The number of anilines is 1. The molecule has 0 aliphatic rings. The molecular formula is C13H13FN2O2. The molecule has 0 bridgehead atoms. The minimum Gasteiger partial charge on any atom is -0.469 e. The van der Waals surface area contributed by atoms with Gasteiger partial charge in [-0.05, 0) is 24.3 Å². The Morgan fingerprint density at radius 2 is 2.17 bits per heavy atom. The van der Waals surface area contributed by atoms with E-state index in [4.69, 9.17) is 10.2 Å². The van der Waals surface area contributed by atoms with E-state index in [9.17, 15) is 9.18 Å². The fourth-order valence-electron chi connectivity index (χ4n) is 1.58. The van der Waals surface area contributed by atoms with E-state index in [1.807, 2.05) is 6.07 Å². The molecule has 0 atom stereocenters. The third-order valence-corrected chi connectivity index (χ3v) is 2.53. The van der Waals surface area contributed by atoms with Gasteiger partial charge in [-0.2, -0.15) is 0 Å². The van der Waals surface area contributed by atoms with Crippen LogP contribution in [0.4, 0.5) is 10.1 Å². The quantitative estimate of drug-likeness (QED) is 0.813. The van der Waals surface area contributed by atoms with Crippen LogP contribution in [0, 0.1) is 5.82 Å². The Bertz CT molecular complexity index is 538. The smallest absolute Gasteiger partial charge is 0.253 e. The van der Waals surface area contributed by atoms with Crippen molar-refractivity contribution < 1.29 is 13.6 Å². The highest BCUT2D eigenvalue weighted by Gasteiger charge is 2.11. The van der Waals surface area contributed by atoms with Gasteiger partial charge < -0.3 is 15.5 Å². The number of hydrogen-bond acceptors (Lipinski definition) is 3. The summed E-state index contributed by atoms with van der Waals surface area (Å²) in [5, 5.41) is 2.66. The fourth-order valence-corrected chi connectivity index (χ4v) is 1.58. The SMILES string of the molecule is Nc1c(F)cccc1C(=O)NCCc1ccco1. The van der Waals surface area contributed by atoms with E-state index >= 15 is 0 Å². The van der Waals surface area contributed by atoms with Crippen LogP contribution in [0.1, 0.15) is 16.1 Å². The molecule has 94 valence electrons. The lowest BCUT2D eigenvalue weighted by atomic mass is 10.1. The summed E-state index contributed by atoms with van der Waals surface area (Å²) in [7, 11) is 0. The number of nitrogens with one attached hydrogen (secondary N) is 1. The molecule has 0 unspecified atom stereocenters. The van der Waals surface area contributed by atoms with E-state index in [-0.39, 0.29) is 11.3 Å². The summed E-state index contributed by atoms with van der Waals surface area (Å²) in [6.45, 7) is 0.405. The van der Waals surface area contributed by atoms with Gasteiger partial charge in [0.1, 0.15) is 11.6 Å². The van der Waals surface area contributed by atoms with Crippen molar-refractivity contribution >= 4 is 11.6 Å². The number of hydrogen-bond donors (Lipinski definition) is 2. The summed E-state index contributed by atoms with van der Waals surface area (Å²) in [6.07, 6.45) is 2.15. The van der Waals surface area contributed by atoms with Gasteiger partial charge in [0.25, 0.3) is 5.91 Å². The van der Waals surface area contributed by atoms with Gasteiger partial charge in [0.15, 0.2) is 0 Å². The molecule has 0 saturated heterocycles. The Morgan fingerprint density at radius 1 is 1.33 bits per heavy atom. The maximum atomic E-state index is 13.2. The molecule has 1 aromatic carbocycles. The van der Waals surface area contributed by atoms with E-state index in [0.29, 0.717) is 13.0 Å². The van der Waals surface area contributed by atoms with Crippen molar-refractivity contribution in [1.82, 2.24) is 5.32 Å². The summed E-state index contributed by atoms with van der Waals surface area (Å²) in [5.41, 5.74) is 5.51. The van der Waals surface area contributed by atoms with Gasteiger partial charge in [0.05, 0.1) is 17.5 Å². The number of rotatable bonds is 4. The van der Waals surface area contributed by atoms with Crippen LogP contribution in [0.15, 0.2) is 41.0 Å². The van der Waals surface area contributed by atoms with E-state index in [1.165, 1.54) is 18.2 Å². The van der Waals surface area contributed by atoms with Gasteiger partial charge in [-0.25, -0.2) is 4.39 Å². The summed E-state index contributed by atoms with van der Waals surface area (Å²) < 4.78 is 18.3. The van der Waals surface area contributed by atoms with E-state index in [1.54, 1.807) is 12.3 Å². The molecule has 0 spiro atoms. The summed E-state index contributed by atoms with van der Waals surface area (Å²) in [5.74, 6) is -0.199. The van der Waals surface area contributed by atoms with Crippen LogP contribution in [-0.2, 0) is 6.42 Å². The van der Waals surface area contributed by atoms with Crippen LogP contribution in [-0.4, -0.2) is 12.5 Å². The molecule has 3 N–H and O–H groups in total. The van der Waals surface area contributed by atoms with Gasteiger partial charge in [0, 0.05) is 13.0 Å². The van der Waals surface area contributed by atoms with Crippen LogP contribution in [0.5, 0.6) is 0 Å². The lowest BCUT2D eigenvalue weighted by Crippen LogP contribution is -2.26. The van der Waals surface area contributed by atoms with Gasteiger partial charge in [-0.15, -0.1) is 0 Å². The molecule has 4 nitrogen and oxygen atoms in total. The number of nitrogens with two attached hydrogens (primary N) is 1. The van der Waals surface area contributed by atoms with Crippen LogP contribution in [0.2, 0.25) is 0 Å². The number of carbonyl (C=O) groups excluding carboxylic acids is 1. The normalized spacial score (nSPS) is 10.3. The minimum absolute atomic E-state index is 0.131. The predicted octanol–water partition coefficient (Wildman–Crippen LogP) is 1.97. The van der Waals surface area contributed by atoms with Crippen molar-refractivity contribution in [3.05, 3.63) is 53.7 Å². The Balaban J connectivity index is 1.93. The Labute approximate surface area is 104 Å². The molecule has 0 saturated carbocycles. The first-order chi connectivity index (χ1) is 8.68. The zero-order valence-corrected chi connectivity index (χ0v) is 9.65. The van der Waals surface area contributed by atoms with Crippen LogP contribution in [0.25, 0.3) is 0 Å². The lowest BCUT2D eigenvalue weighted by molar-refractivity contribution is 0.0954. The third-order valence-electron chi connectivity index (χ3n) is 2.53. The summed E-state index contributed by atoms with van der Waals surface area (Å²) in [4.78, 5) is 11.8. The largest absolute Gasteiger partial charge is 0.469 e. The zero-order chi connectivity index (χ0) is 13.0. The van der Waals surface area contributed by atoms with Crippen LogP contribution >= 0.6 is 0 Å². The van der Waals surface area contributed by atoms with Crippen molar-refractivity contribution in [2.24, 2.45) is 0 Å². The third kappa shape index (κ3) is 2.68. The number of para-hydroxylation sites is 1. The van der Waals surface area contributed by atoms with Gasteiger partial charge >= 0.3 is 0 Å². The first-order valence-corrected chi connectivity index (χ1v) is 5.53. The molecule has 0 radical (unpaired) electrons. The van der Waals surface area contributed by atoms with Crippen molar-refractivity contribution in [3.63, 3.8) is 0 Å². The highest BCUT2D eigenvalue weighted by atomic mass is 19.1. The second-order valence-corrected chi connectivity index (χ2v) is 3.79. The molecule has 1 amide bonds. The molecule has 5 heteroatoms. The molecule has 2 aromatic rings. The number of carbonyl (C=O) groups is 1. The van der Waals surface area contributed by atoms with Crippen molar-refractivity contribution in [2.45, 2.75) is 6.42 Å². The van der Waals surface area contributed by atoms with E-state index < -0.39 is 11.7 Å². The van der Waals surface area contributed by atoms with E-state index in [2.05, 4.69) is 5.32 Å². The van der Waals surface area contributed by atoms with Crippen LogP contribution in [0.3, 0.4) is 0 Å². The predicted molar refractivity (Wildman–Crippen MR) is 65.6 cm³/mol. The number of furan rings is 1. The number of benzene rings is 1. The average molecular weight is 248 g/mol. The lowest BCUT2D eigenvalue weighted by Gasteiger charge is -2.07. The molecule has 1 heterocycles. The monoisotopic (exact) mass is 248 g/mol. The van der Waals surface area contributed by atoms with Gasteiger partial charge in [0.2, 0.25) is 0 Å².